The lowest BCUT2D eigenvalue weighted by Crippen LogP contribution is -2.48. The fourth-order valence-electron chi connectivity index (χ4n) is 11.2. The Morgan fingerprint density at radius 3 is 2.30 bits per heavy atom. The van der Waals surface area contributed by atoms with Crippen LogP contribution in [0.3, 0.4) is 0 Å². The maximum atomic E-state index is 5.58. The molecule has 7 aliphatic rings. The summed E-state index contributed by atoms with van der Waals surface area (Å²) in [5.41, 5.74) is 9.93. The van der Waals surface area contributed by atoms with Crippen molar-refractivity contribution < 1.29 is 0 Å². The first-order valence-corrected chi connectivity index (χ1v) is 25.5. The molecular formula is C60H80N4. The molecule has 0 aromatic carbocycles. The molecule has 1 fully saturated rings. The second kappa shape index (κ2) is 25.3. The first-order valence-electron chi connectivity index (χ1n) is 25.5. The van der Waals surface area contributed by atoms with E-state index in [2.05, 4.69) is 171 Å². The van der Waals surface area contributed by atoms with Crippen LogP contribution >= 0.6 is 0 Å². The van der Waals surface area contributed by atoms with E-state index in [1.165, 1.54) is 79.5 Å². The van der Waals surface area contributed by atoms with Crippen molar-refractivity contribution in [3.05, 3.63) is 180 Å². The van der Waals surface area contributed by atoms with Gasteiger partial charge in [-0.15, -0.1) is 0 Å². The van der Waals surface area contributed by atoms with E-state index >= 15 is 0 Å². The van der Waals surface area contributed by atoms with Crippen molar-refractivity contribution in [2.75, 3.05) is 6.54 Å². The highest BCUT2D eigenvalue weighted by molar-refractivity contribution is 5.90. The van der Waals surface area contributed by atoms with E-state index in [-0.39, 0.29) is 6.17 Å². The van der Waals surface area contributed by atoms with Crippen LogP contribution in [0.1, 0.15) is 124 Å². The summed E-state index contributed by atoms with van der Waals surface area (Å²) < 4.78 is 0. The Kier molecular flexibility index (Phi) is 18.7. The normalized spacial score (nSPS) is 29.8. The van der Waals surface area contributed by atoms with Gasteiger partial charge in [0.1, 0.15) is 6.17 Å². The fourth-order valence-corrected chi connectivity index (χ4v) is 11.2. The maximum absolute atomic E-state index is 5.58. The molecule has 0 aromatic heterocycles. The molecule has 7 unspecified atom stereocenters. The van der Waals surface area contributed by atoms with Crippen molar-refractivity contribution in [3.8, 4) is 0 Å². The van der Waals surface area contributed by atoms with Gasteiger partial charge < -0.3 is 10.6 Å². The molecule has 64 heavy (non-hydrogen) atoms. The van der Waals surface area contributed by atoms with Crippen LogP contribution < -0.4 is 16.0 Å². The minimum absolute atomic E-state index is 0.117. The monoisotopic (exact) mass is 857 g/mol. The van der Waals surface area contributed by atoms with Crippen LogP contribution in [0.5, 0.6) is 0 Å². The fraction of sp³-hybridized carbons (Fsp3) is 0.483. The molecule has 7 rings (SSSR count). The number of nitrogens with zero attached hydrogens (tertiary/aromatic N) is 1. The Morgan fingerprint density at radius 1 is 0.859 bits per heavy atom. The maximum Gasteiger partial charge on any atom is 0.106 e. The number of hydrogen-bond donors (Lipinski definition) is 3. The summed E-state index contributed by atoms with van der Waals surface area (Å²) in [5, 5.41) is 12.0. The number of nitrogens with one attached hydrogen (secondary N) is 3. The highest BCUT2D eigenvalue weighted by atomic mass is 15.1. The van der Waals surface area contributed by atoms with Crippen LogP contribution in [0.15, 0.2) is 185 Å². The molecule has 340 valence electrons. The van der Waals surface area contributed by atoms with Gasteiger partial charge in [0.2, 0.25) is 0 Å². The highest BCUT2D eigenvalue weighted by Gasteiger charge is 2.33. The lowest BCUT2D eigenvalue weighted by atomic mass is 9.75. The average Bonchev–Trinajstić information content (AvgIpc) is 3.35. The van der Waals surface area contributed by atoms with Gasteiger partial charge in [-0.2, -0.15) is 0 Å². The van der Waals surface area contributed by atoms with Crippen LogP contribution in [0.2, 0.25) is 0 Å². The van der Waals surface area contributed by atoms with Crippen LogP contribution in [0.4, 0.5) is 0 Å². The van der Waals surface area contributed by atoms with Gasteiger partial charge in [-0.3, -0.25) is 10.3 Å². The zero-order valence-electron chi connectivity index (χ0n) is 39.7. The molecule has 6 aliphatic carbocycles. The molecule has 3 N–H and O–H groups in total. The Bertz CT molecular complexity index is 2040. The largest absolute Gasteiger partial charge is 0.381 e. The Balaban J connectivity index is 1.09. The molecule has 0 bridgehead atoms. The minimum atomic E-state index is 0.117. The molecule has 0 saturated heterocycles. The van der Waals surface area contributed by atoms with Crippen LogP contribution in [0.25, 0.3) is 0 Å². The van der Waals surface area contributed by atoms with E-state index in [0.717, 1.165) is 63.8 Å². The van der Waals surface area contributed by atoms with E-state index < -0.39 is 0 Å². The number of rotatable bonds is 19. The zero-order valence-corrected chi connectivity index (χ0v) is 39.7. The van der Waals surface area contributed by atoms with Gasteiger partial charge in [-0.1, -0.05) is 203 Å². The molecule has 4 nitrogen and oxygen atoms in total. The summed E-state index contributed by atoms with van der Waals surface area (Å²) in [6.07, 6.45) is 71.9. The predicted molar refractivity (Wildman–Crippen MR) is 277 cm³/mol. The van der Waals surface area contributed by atoms with Gasteiger partial charge in [-0.05, 0) is 106 Å². The van der Waals surface area contributed by atoms with Crippen LogP contribution in [-0.4, -0.2) is 36.5 Å². The smallest absolute Gasteiger partial charge is 0.106 e. The third-order valence-electron chi connectivity index (χ3n) is 14.9. The summed E-state index contributed by atoms with van der Waals surface area (Å²) in [5.74, 6) is 2.67. The zero-order chi connectivity index (χ0) is 44.4. The first-order chi connectivity index (χ1) is 31.5. The second-order valence-electron chi connectivity index (χ2n) is 19.3. The number of hydrogen-bond acceptors (Lipinski definition) is 4. The van der Waals surface area contributed by atoms with E-state index in [9.17, 15) is 0 Å². The van der Waals surface area contributed by atoms with Gasteiger partial charge in [0.25, 0.3) is 0 Å². The highest BCUT2D eigenvalue weighted by Crippen LogP contribution is 2.38. The Hall–Kier alpha value is -4.51. The standard InChI is InChI=1S/C60H80N4/c1-5-8-13-24-45(4)54(56(7-3)62-53-32-20-12-21-33-53)40-34-46-35-41-55(49-27-16-10-17-28-49)59(43-46)61-42-22-31-50(23-6-2)57-44-58(64-60(63-57)52-29-18-11-19-30-52)51-38-36-48(37-39-51)47-25-14-9-15-26-47/h5,8,10-13,16-22,24,27,29,31-32,34,36,38,40,43,47,49-50,52-53,55,58-62,64H,1,6-7,9,14-15,23,25-26,28,30,33,35,37,39,41-42,44H2,2-4H3/b13-8-,31-22-,40-34+,45-24+,56-54?/t49?,50?,52?,53?,55?,58?,59-,60?/m1/s1. The molecule has 0 aromatic rings. The van der Waals surface area contributed by atoms with Crippen molar-refractivity contribution in [1.29, 1.82) is 0 Å². The lowest BCUT2D eigenvalue weighted by molar-refractivity contribution is 0.295. The van der Waals surface area contributed by atoms with Crippen molar-refractivity contribution in [2.24, 2.45) is 34.6 Å². The van der Waals surface area contributed by atoms with Crippen molar-refractivity contribution in [3.63, 3.8) is 0 Å². The van der Waals surface area contributed by atoms with Crippen molar-refractivity contribution in [2.45, 2.75) is 148 Å². The first kappa shape index (κ1) is 47.5. The average molecular weight is 857 g/mol. The SMILES string of the molecule is C=C/C=C\C=C(/C)C(/C=C/C1=C[C@@H](NC/C=C\C(CCC)C2=NC(C3C=CC=CC3)NC(C3=CC=C(C4CCCCC4)CC3)C2)C(C2C=CC=CC2)CC1)=C(CC)NC1C=CC=CC1. The second-order valence-corrected chi connectivity index (χ2v) is 19.3. The van der Waals surface area contributed by atoms with Crippen molar-refractivity contribution >= 4 is 5.71 Å². The summed E-state index contributed by atoms with van der Waals surface area (Å²) in [7, 11) is 0. The van der Waals surface area contributed by atoms with Gasteiger partial charge in [0.15, 0.2) is 0 Å². The third kappa shape index (κ3) is 13.5. The van der Waals surface area contributed by atoms with Gasteiger partial charge >= 0.3 is 0 Å². The number of aliphatic imine (C=N–C) groups is 1. The predicted octanol–water partition coefficient (Wildman–Crippen LogP) is 14.3. The molecule has 1 saturated carbocycles. The van der Waals surface area contributed by atoms with E-state index in [0.29, 0.717) is 41.8 Å². The lowest BCUT2D eigenvalue weighted by Gasteiger charge is -2.37. The molecule has 1 heterocycles. The van der Waals surface area contributed by atoms with Crippen LogP contribution in [-0.2, 0) is 0 Å². The summed E-state index contributed by atoms with van der Waals surface area (Å²) in [6, 6.07) is 0.966. The van der Waals surface area contributed by atoms with Gasteiger partial charge in [-0.25, -0.2) is 0 Å². The summed E-state index contributed by atoms with van der Waals surface area (Å²) in [6.45, 7) is 11.6. The third-order valence-corrected chi connectivity index (χ3v) is 14.9. The molecule has 0 amide bonds. The molecule has 8 atom stereocenters. The van der Waals surface area contributed by atoms with Crippen molar-refractivity contribution in [1.82, 2.24) is 16.0 Å². The molecule has 0 spiro atoms. The van der Waals surface area contributed by atoms with Gasteiger partial charge in [0.05, 0.1) is 0 Å². The molecular weight excluding hydrogens is 777 g/mol. The summed E-state index contributed by atoms with van der Waals surface area (Å²) >= 11 is 0. The minimum Gasteiger partial charge on any atom is -0.381 e. The van der Waals surface area contributed by atoms with E-state index in [4.69, 9.17) is 4.99 Å². The topological polar surface area (TPSA) is 48.5 Å². The molecule has 1 aliphatic heterocycles. The van der Waals surface area contributed by atoms with E-state index in [1.807, 2.05) is 12.2 Å². The molecule has 4 heteroatoms. The van der Waals surface area contributed by atoms with Crippen LogP contribution in [0, 0.1) is 29.6 Å². The molecule has 0 radical (unpaired) electrons. The van der Waals surface area contributed by atoms with Gasteiger partial charge in [0, 0.05) is 54.3 Å². The Labute approximate surface area is 388 Å². The quantitative estimate of drug-likeness (QED) is 0.0896. The summed E-state index contributed by atoms with van der Waals surface area (Å²) in [4.78, 5) is 5.58. The number of allylic oxidation sites excluding steroid dienone is 23. The Morgan fingerprint density at radius 2 is 1.61 bits per heavy atom. The van der Waals surface area contributed by atoms with E-state index in [1.54, 1.807) is 11.1 Å².